The van der Waals surface area contributed by atoms with Gasteiger partial charge in [-0.1, -0.05) is 134 Å². The molecule has 0 bridgehead atoms. The van der Waals surface area contributed by atoms with E-state index in [1.807, 2.05) is 0 Å². The number of hydrogen-bond donors (Lipinski definition) is 0. The molecule has 0 N–H and O–H groups in total. The van der Waals surface area contributed by atoms with Crippen LogP contribution in [0.25, 0.3) is 11.1 Å². The van der Waals surface area contributed by atoms with Crippen LogP contribution in [0.5, 0.6) is 0 Å². The van der Waals surface area contributed by atoms with E-state index in [-0.39, 0.29) is 6.04 Å². The van der Waals surface area contributed by atoms with Gasteiger partial charge in [0.25, 0.3) is 0 Å². The second-order valence-electron chi connectivity index (χ2n) is 17.9. The lowest BCUT2D eigenvalue weighted by Crippen LogP contribution is -2.28. The van der Waals surface area contributed by atoms with Gasteiger partial charge in [-0.05, 0) is 146 Å². The summed E-state index contributed by atoms with van der Waals surface area (Å²) < 4.78 is 0. The van der Waals surface area contributed by atoms with Crippen LogP contribution in [0.3, 0.4) is 0 Å². The number of benzene rings is 2. The molecule has 0 saturated carbocycles. The van der Waals surface area contributed by atoms with Gasteiger partial charge in [0.05, 0.1) is 17.4 Å². The van der Waals surface area contributed by atoms with E-state index in [4.69, 9.17) is 11.6 Å². The minimum Gasteiger partial charge on any atom is -0.333 e. The molecule has 11 rings (SSSR count). The topological polar surface area (TPSA) is 19.4 Å². The van der Waals surface area contributed by atoms with Gasteiger partial charge in [-0.15, -0.1) is 0 Å². The molecule has 0 spiro atoms. The highest BCUT2D eigenvalue weighted by atomic mass is 15.2. The summed E-state index contributed by atoms with van der Waals surface area (Å²) in [5, 5.41) is 0. The normalized spacial score (nSPS) is 26.4. The molecule has 306 valence electrons. The molecule has 62 heavy (non-hydrogen) atoms. The maximum Gasteiger partial charge on any atom is 0.0668 e. The highest BCUT2D eigenvalue weighted by molar-refractivity contribution is 5.90. The summed E-state index contributed by atoms with van der Waals surface area (Å²) in [6, 6.07) is 22.9. The minimum absolute atomic E-state index is 0.260. The molecule has 4 unspecified atom stereocenters. The molecule has 3 heteroatoms. The molecule has 3 nitrogen and oxygen atoms in total. The van der Waals surface area contributed by atoms with Gasteiger partial charge in [0.15, 0.2) is 0 Å². The molecule has 0 saturated heterocycles. The fraction of sp³-hybridized carbons (Fsp3) is 0.237. The van der Waals surface area contributed by atoms with Crippen LogP contribution in [0.4, 0.5) is 11.4 Å². The van der Waals surface area contributed by atoms with Crippen molar-refractivity contribution in [3.05, 3.63) is 245 Å². The first kappa shape index (κ1) is 38.5. The van der Waals surface area contributed by atoms with Crippen molar-refractivity contribution in [3.63, 3.8) is 0 Å². The van der Waals surface area contributed by atoms with Gasteiger partial charge in [-0.3, -0.25) is 4.98 Å². The molecule has 0 amide bonds. The van der Waals surface area contributed by atoms with E-state index < -0.39 is 0 Å². The van der Waals surface area contributed by atoms with Crippen LogP contribution in [-0.4, -0.2) is 15.9 Å². The van der Waals surface area contributed by atoms with Gasteiger partial charge >= 0.3 is 0 Å². The summed E-state index contributed by atoms with van der Waals surface area (Å²) >= 11 is 0. The van der Waals surface area contributed by atoms with E-state index in [1.54, 1.807) is 0 Å². The number of rotatable bonds is 7. The maximum atomic E-state index is 5.31. The van der Waals surface area contributed by atoms with Crippen molar-refractivity contribution in [3.8, 4) is 0 Å². The Morgan fingerprint density at radius 2 is 1.61 bits per heavy atom. The van der Waals surface area contributed by atoms with Crippen molar-refractivity contribution in [2.75, 3.05) is 4.90 Å². The molecule has 0 fully saturated rings. The molecule has 6 aliphatic carbocycles. The Hall–Kier alpha value is -6.45. The van der Waals surface area contributed by atoms with Crippen LogP contribution in [0.2, 0.25) is 0 Å². The number of aromatic nitrogens is 1. The molecule has 3 aromatic rings. The number of allylic oxidation sites excluding steroid dienone is 24. The summed E-state index contributed by atoms with van der Waals surface area (Å²) in [6.45, 7) is 4.70. The molecule has 1 aromatic heterocycles. The summed E-state index contributed by atoms with van der Waals surface area (Å²) in [5.41, 5.74) is 19.2. The number of pyridine rings is 1. The summed E-state index contributed by atoms with van der Waals surface area (Å²) in [4.78, 5) is 10.4. The highest BCUT2D eigenvalue weighted by Crippen LogP contribution is 2.51. The third-order valence-electron chi connectivity index (χ3n) is 14.1. The lowest BCUT2D eigenvalue weighted by molar-refractivity contribution is 0.510. The van der Waals surface area contributed by atoms with Crippen LogP contribution in [0.15, 0.2) is 216 Å². The lowest BCUT2D eigenvalue weighted by Gasteiger charge is -2.33. The Kier molecular flexibility index (Phi) is 10.4. The third kappa shape index (κ3) is 7.28. The first-order chi connectivity index (χ1) is 30.7. The Balaban J connectivity index is 0.908. The van der Waals surface area contributed by atoms with Crippen LogP contribution < -0.4 is 4.90 Å². The van der Waals surface area contributed by atoms with Crippen LogP contribution in [-0.2, 0) is 0 Å². The summed E-state index contributed by atoms with van der Waals surface area (Å²) in [5.74, 6) is 1.14. The second kappa shape index (κ2) is 16.8. The van der Waals surface area contributed by atoms with Gasteiger partial charge in [-0.2, -0.15) is 0 Å². The van der Waals surface area contributed by atoms with Crippen molar-refractivity contribution in [1.82, 2.24) is 9.88 Å². The van der Waals surface area contributed by atoms with Gasteiger partial charge < -0.3 is 9.80 Å². The van der Waals surface area contributed by atoms with E-state index >= 15 is 0 Å². The van der Waals surface area contributed by atoms with Crippen LogP contribution in [0, 0.1) is 0 Å². The van der Waals surface area contributed by atoms with Crippen molar-refractivity contribution >= 4 is 22.5 Å². The zero-order valence-electron chi connectivity index (χ0n) is 35.7. The SMILES string of the molecule is C=C1/C=C(C2=CCC(c3cc(C4=CC=CCC4)nc(C4CC=CCC4)c3)C=C2)\C=C/N(C2=CC(c3cccc4c3N(c3ccccc3)C3C=CC=CC43)=CCC2)C2=C1C=CCC2. The Morgan fingerprint density at radius 3 is 2.47 bits per heavy atom. The van der Waals surface area contributed by atoms with Crippen molar-refractivity contribution < 1.29 is 0 Å². The van der Waals surface area contributed by atoms with Crippen molar-refractivity contribution in [2.45, 2.75) is 88.0 Å². The van der Waals surface area contributed by atoms with E-state index in [2.05, 4.69) is 186 Å². The van der Waals surface area contributed by atoms with Gasteiger partial charge in [-0.25, -0.2) is 0 Å². The first-order valence-corrected chi connectivity index (χ1v) is 23.1. The Labute approximate surface area is 368 Å². The number of fused-ring (bicyclic) bond motifs is 3. The molecular weight excluding hydrogens is 751 g/mol. The quantitative estimate of drug-likeness (QED) is 0.222. The maximum absolute atomic E-state index is 5.31. The summed E-state index contributed by atoms with van der Waals surface area (Å²) in [6.07, 6.45) is 54.9. The molecule has 0 radical (unpaired) electrons. The number of hydrogen-bond acceptors (Lipinski definition) is 3. The zero-order chi connectivity index (χ0) is 41.4. The van der Waals surface area contributed by atoms with E-state index in [0.717, 1.165) is 63.4 Å². The van der Waals surface area contributed by atoms with Crippen LogP contribution in [0.1, 0.15) is 110 Å². The highest BCUT2D eigenvalue weighted by Gasteiger charge is 2.39. The minimum atomic E-state index is 0.260. The predicted octanol–water partition coefficient (Wildman–Crippen LogP) is 15.0. The second-order valence-corrected chi connectivity index (χ2v) is 17.9. The largest absolute Gasteiger partial charge is 0.333 e. The average molecular weight is 806 g/mol. The van der Waals surface area contributed by atoms with Gasteiger partial charge in [0.2, 0.25) is 0 Å². The predicted molar refractivity (Wildman–Crippen MR) is 260 cm³/mol. The average Bonchev–Trinajstić information content (AvgIpc) is 3.69. The molecule has 4 atom stereocenters. The molecule has 8 aliphatic rings. The van der Waals surface area contributed by atoms with Crippen LogP contribution >= 0.6 is 0 Å². The zero-order valence-corrected chi connectivity index (χ0v) is 35.7. The van der Waals surface area contributed by atoms with Gasteiger partial charge in [0.1, 0.15) is 0 Å². The smallest absolute Gasteiger partial charge is 0.0668 e. The number of anilines is 2. The Morgan fingerprint density at radius 1 is 0.694 bits per heavy atom. The fourth-order valence-electron chi connectivity index (χ4n) is 10.9. The standard InChI is InChI=1S/C59H55N3/c1-41-37-46(42-31-33-43(34-32-42)48-39-55(44-17-5-2-6-18-44)60-56(40-48)45-19-7-3-8-20-45)35-36-61(57-29-13-11-25-51(41)57)50-24-15-21-47(38-50)52-27-16-28-54-53-26-12-14-30-58(53)62(59(52)54)49-22-9-4-10-23-49/h2-5,7,9-12,14,16-17,21-23,25-28,30-33,35-40,43,45,53,58H,1,6,8,13,15,18-20,24,29,34H2/b36-35-,46-37+. The molecular formula is C59H55N3. The molecule has 2 aromatic carbocycles. The number of nitrogens with zero attached hydrogens (tertiary/aromatic N) is 3. The molecule has 2 aliphatic heterocycles. The van der Waals surface area contributed by atoms with Gasteiger partial charge in [0, 0.05) is 57.9 Å². The number of para-hydroxylation sites is 2. The van der Waals surface area contributed by atoms with Crippen molar-refractivity contribution in [1.29, 1.82) is 0 Å². The lowest BCUT2D eigenvalue weighted by atomic mass is 9.84. The van der Waals surface area contributed by atoms with E-state index in [9.17, 15) is 0 Å². The first-order valence-electron chi connectivity index (χ1n) is 23.1. The van der Waals surface area contributed by atoms with E-state index in [1.165, 1.54) is 85.1 Å². The summed E-state index contributed by atoms with van der Waals surface area (Å²) in [7, 11) is 0. The van der Waals surface area contributed by atoms with E-state index in [0.29, 0.717) is 17.8 Å². The third-order valence-corrected chi connectivity index (χ3v) is 14.1. The fourth-order valence-corrected chi connectivity index (χ4v) is 10.9. The molecule has 3 heterocycles. The Bertz CT molecular complexity index is 2730. The monoisotopic (exact) mass is 805 g/mol. The van der Waals surface area contributed by atoms with Crippen molar-refractivity contribution in [2.24, 2.45) is 0 Å².